The van der Waals surface area contributed by atoms with Crippen LogP contribution in [-0.2, 0) is 0 Å². The predicted molar refractivity (Wildman–Crippen MR) is 53.0 cm³/mol. The molecule has 3 heteroatoms. The molecular weight excluding hydrogens is 162 g/mol. The molecule has 0 amide bonds. The minimum absolute atomic E-state index is 0.325. The Hall–Kier alpha value is -1.79. The molecule has 0 bridgehead atoms. The van der Waals surface area contributed by atoms with Crippen LogP contribution in [0.4, 0.5) is 5.69 Å². The summed E-state index contributed by atoms with van der Waals surface area (Å²) in [5.74, 6) is 0. The quantitative estimate of drug-likeness (QED) is 0.537. The summed E-state index contributed by atoms with van der Waals surface area (Å²) in [5.41, 5.74) is 6.91. The van der Waals surface area contributed by atoms with Crippen LogP contribution in [-0.4, -0.2) is 6.17 Å². The van der Waals surface area contributed by atoms with Gasteiger partial charge in [-0.15, -0.1) is 0 Å². The van der Waals surface area contributed by atoms with Gasteiger partial charge in [-0.05, 0) is 12.1 Å². The first-order valence-corrected chi connectivity index (χ1v) is 3.91. The Morgan fingerprint density at radius 1 is 1.54 bits per heavy atom. The van der Waals surface area contributed by atoms with Crippen molar-refractivity contribution >= 4 is 5.69 Å². The van der Waals surface area contributed by atoms with E-state index in [4.69, 9.17) is 11.0 Å². The molecule has 0 saturated carbocycles. The minimum atomic E-state index is -0.325. The maximum Gasteiger partial charge on any atom is 0.101 e. The van der Waals surface area contributed by atoms with Gasteiger partial charge >= 0.3 is 0 Å². The first kappa shape index (κ1) is 9.30. The molecule has 0 fully saturated rings. The van der Waals surface area contributed by atoms with Crippen LogP contribution < -0.4 is 11.1 Å². The fourth-order valence-electron chi connectivity index (χ4n) is 0.945. The highest BCUT2D eigenvalue weighted by Gasteiger charge is 2.01. The highest BCUT2D eigenvalue weighted by Crippen LogP contribution is 2.13. The number of benzene rings is 1. The average molecular weight is 173 g/mol. The van der Waals surface area contributed by atoms with Crippen LogP contribution in [0, 0.1) is 11.3 Å². The molecule has 1 unspecified atom stereocenters. The van der Waals surface area contributed by atoms with Crippen molar-refractivity contribution in [3.05, 3.63) is 42.5 Å². The van der Waals surface area contributed by atoms with E-state index >= 15 is 0 Å². The molecule has 0 heterocycles. The van der Waals surface area contributed by atoms with E-state index in [2.05, 4.69) is 18.0 Å². The van der Waals surface area contributed by atoms with Crippen molar-refractivity contribution in [2.45, 2.75) is 6.17 Å². The largest absolute Gasteiger partial charge is 0.366 e. The molecule has 0 aromatic heterocycles. The summed E-state index contributed by atoms with van der Waals surface area (Å²) < 4.78 is 0. The van der Waals surface area contributed by atoms with E-state index in [0.29, 0.717) is 5.56 Å². The molecule has 3 N–H and O–H groups in total. The highest BCUT2D eigenvalue weighted by atomic mass is 15.0. The molecule has 1 aromatic carbocycles. The lowest BCUT2D eigenvalue weighted by molar-refractivity contribution is 0.945. The van der Waals surface area contributed by atoms with Gasteiger partial charge < -0.3 is 11.1 Å². The molecule has 1 rings (SSSR count). The van der Waals surface area contributed by atoms with Crippen LogP contribution in [0.2, 0.25) is 0 Å². The number of nitrogens with two attached hydrogens (primary N) is 1. The molecular formula is C10H11N3. The fraction of sp³-hybridized carbons (Fsp3) is 0.100. The lowest BCUT2D eigenvalue weighted by Gasteiger charge is -2.11. The normalized spacial score (nSPS) is 11.4. The zero-order chi connectivity index (χ0) is 9.68. The van der Waals surface area contributed by atoms with E-state index < -0.39 is 0 Å². The van der Waals surface area contributed by atoms with E-state index in [1.807, 2.05) is 18.2 Å². The van der Waals surface area contributed by atoms with Crippen LogP contribution in [0.25, 0.3) is 0 Å². The zero-order valence-electron chi connectivity index (χ0n) is 7.20. The second-order valence-corrected chi connectivity index (χ2v) is 2.56. The molecule has 0 radical (unpaired) electrons. The lowest BCUT2D eigenvalue weighted by atomic mass is 10.2. The number of nitrogens with zero attached hydrogens (tertiary/aromatic N) is 1. The number of para-hydroxylation sites is 1. The summed E-state index contributed by atoms with van der Waals surface area (Å²) in [6.07, 6.45) is 1.25. The molecule has 1 aromatic rings. The molecule has 1 atom stereocenters. The highest BCUT2D eigenvalue weighted by molar-refractivity contribution is 5.57. The number of hydrogen-bond donors (Lipinski definition) is 2. The van der Waals surface area contributed by atoms with Gasteiger partial charge in [0.15, 0.2) is 0 Å². The van der Waals surface area contributed by atoms with Crippen molar-refractivity contribution in [2.75, 3.05) is 5.32 Å². The van der Waals surface area contributed by atoms with Gasteiger partial charge in [-0.1, -0.05) is 24.8 Å². The second kappa shape index (κ2) is 4.29. The first-order chi connectivity index (χ1) is 6.27. The molecule has 0 aliphatic rings. The lowest BCUT2D eigenvalue weighted by Crippen LogP contribution is -2.26. The monoisotopic (exact) mass is 173 g/mol. The van der Waals surface area contributed by atoms with E-state index in [1.54, 1.807) is 12.1 Å². The van der Waals surface area contributed by atoms with Gasteiger partial charge in [0.1, 0.15) is 6.07 Å². The third kappa shape index (κ3) is 2.32. The fourth-order valence-corrected chi connectivity index (χ4v) is 0.945. The van der Waals surface area contributed by atoms with Gasteiger partial charge in [-0.3, -0.25) is 0 Å². The Balaban J connectivity index is 2.88. The molecule has 66 valence electrons. The van der Waals surface area contributed by atoms with Gasteiger partial charge in [-0.25, -0.2) is 0 Å². The van der Waals surface area contributed by atoms with E-state index in [9.17, 15) is 0 Å². The molecule has 0 saturated heterocycles. The van der Waals surface area contributed by atoms with Crippen molar-refractivity contribution < 1.29 is 0 Å². The van der Waals surface area contributed by atoms with E-state index in [-0.39, 0.29) is 6.17 Å². The summed E-state index contributed by atoms with van der Waals surface area (Å²) in [6, 6.07) is 9.27. The molecule has 13 heavy (non-hydrogen) atoms. The topological polar surface area (TPSA) is 61.8 Å². The number of rotatable bonds is 3. The maximum absolute atomic E-state index is 8.75. The van der Waals surface area contributed by atoms with Gasteiger partial charge in [0.2, 0.25) is 0 Å². The van der Waals surface area contributed by atoms with Gasteiger partial charge in [0, 0.05) is 0 Å². The average Bonchev–Trinajstić information content (AvgIpc) is 2.18. The van der Waals surface area contributed by atoms with Crippen molar-refractivity contribution in [3.63, 3.8) is 0 Å². The van der Waals surface area contributed by atoms with Crippen LogP contribution >= 0.6 is 0 Å². The number of hydrogen-bond acceptors (Lipinski definition) is 3. The summed E-state index contributed by atoms with van der Waals surface area (Å²) in [6.45, 7) is 3.54. The molecule has 3 nitrogen and oxygen atoms in total. The van der Waals surface area contributed by atoms with Crippen molar-refractivity contribution in [2.24, 2.45) is 5.73 Å². The Bertz CT molecular complexity index is 338. The van der Waals surface area contributed by atoms with Gasteiger partial charge in [0.05, 0.1) is 17.4 Å². The minimum Gasteiger partial charge on any atom is -0.366 e. The molecule has 0 aliphatic heterocycles. The summed E-state index contributed by atoms with van der Waals surface area (Å²) in [5, 5.41) is 11.7. The Morgan fingerprint density at radius 3 is 2.85 bits per heavy atom. The SMILES string of the molecule is C=CC(N)Nc1ccccc1C#N. The summed E-state index contributed by atoms with van der Waals surface area (Å²) >= 11 is 0. The zero-order valence-corrected chi connectivity index (χ0v) is 7.20. The Morgan fingerprint density at radius 2 is 2.23 bits per heavy atom. The van der Waals surface area contributed by atoms with Crippen LogP contribution in [0.1, 0.15) is 5.56 Å². The van der Waals surface area contributed by atoms with Gasteiger partial charge in [-0.2, -0.15) is 5.26 Å². The number of nitrogens with one attached hydrogen (secondary N) is 1. The van der Waals surface area contributed by atoms with Crippen molar-refractivity contribution in [1.29, 1.82) is 5.26 Å². The first-order valence-electron chi connectivity index (χ1n) is 3.91. The second-order valence-electron chi connectivity index (χ2n) is 2.56. The van der Waals surface area contributed by atoms with Crippen molar-refractivity contribution in [1.82, 2.24) is 0 Å². The summed E-state index contributed by atoms with van der Waals surface area (Å²) in [7, 11) is 0. The molecule has 0 aliphatic carbocycles. The smallest absolute Gasteiger partial charge is 0.101 e. The third-order valence-electron chi connectivity index (χ3n) is 1.62. The number of anilines is 1. The standard InChI is InChI=1S/C10H11N3/c1-2-10(12)13-9-6-4-3-5-8(9)7-11/h2-6,10,13H,1,12H2. The van der Waals surface area contributed by atoms with Crippen LogP contribution in [0.3, 0.4) is 0 Å². The molecule has 0 spiro atoms. The number of nitriles is 1. The van der Waals surface area contributed by atoms with E-state index in [1.165, 1.54) is 0 Å². The predicted octanol–water partition coefficient (Wildman–Crippen LogP) is 1.44. The van der Waals surface area contributed by atoms with E-state index in [0.717, 1.165) is 5.69 Å². The summed E-state index contributed by atoms with van der Waals surface area (Å²) in [4.78, 5) is 0. The van der Waals surface area contributed by atoms with Crippen LogP contribution in [0.5, 0.6) is 0 Å². The van der Waals surface area contributed by atoms with Crippen molar-refractivity contribution in [3.8, 4) is 6.07 Å². The Labute approximate surface area is 77.5 Å². The maximum atomic E-state index is 8.75. The Kier molecular flexibility index (Phi) is 3.07. The van der Waals surface area contributed by atoms with Gasteiger partial charge in [0.25, 0.3) is 0 Å². The van der Waals surface area contributed by atoms with Crippen LogP contribution in [0.15, 0.2) is 36.9 Å². The third-order valence-corrected chi connectivity index (χ3v) is 1.62.